The number of esters is 1. The van der Waals surface area contributed by atoms with Crippen LogP contribution >= 0.6 is 11.3 Å². The van der Waals surface area contributed by atoms with Gasteiger partial charge < -0.3 is 15.0 Å². The molecule has 1 saturated heterocycles. The summed E-state index contributed by atoms with van der Waals surface area (Å²) in [5, 5.41) is 9.75. The van der Waals surface area contributed by atoms with Gasteiger partial charge in [-0.3, -0.25) is 9.69 Å². The Kier molecular flexibility index (Phi) is 6.50. The second kappa shape index (κ2) is 9.69. The van der Waals surface area contributed by atoms with E-state index in [-0.39, 0.29) is 5.97 Å². The molecule has 2 aliphatic rings. The highest BCUT2D eigenvalue weighted by molar-refractivity contribution is 7.20. The molecule has 0 atom stereocenters. The standard InChI is InChI=1S/C24H32N6O2S/c1-3-32-20(31)16-28-11-13-29(14-12-28)24-27-30-22(25-19-9-4-5-10-19)21(26-23(30)33-24)18-8-6-7-17(2)15-18/h6-8,15,19,25H,3-5,9-14,16H2,1-2H3. The molecule has 3 aromatic rings. The monoisotopic (exact) mass is 468 g/mol. The number of hydrogen-bond acceptors (Lipinski definition) is 8. The van der Waals surface area contributed by atoms with Crippen molar-refractivity contribution < 1.29 is 9.53 Å². The van der Waals surface area contributed by atoms with Gasteiger partial charge in [0.1, 0.15) is 5.69 Å². The molecule has 33 heavy (non-hydrogen) atoms. The zero-order chi connectivity index (χ0) is 22.8. The van der Waals surface area contributed by atoms with E-state index >= 15 is 0 Å². The van der Waals surface area contributed by atoms with Crippen molar-refractivity contribution in [1.82, 2.24) is 19.5 Å². The van der Waals surface area contributed by atoms with E-state index in [4.69, 9.17) is 14.8 Å². The number of fused-ring (bicyclic) bond motifs is 1. The van der Waals surface area contributed by atoms with E-state index in [1.54, 1.807) is 11.3 Å². The molecule has 8 nitrogen and oxygen atoms in total. The second-order valence-corrected chi connectivity index (χ2v) is 9.89. The third-order valence-electron chi connectivity index (χ3n) is 6.48. The van der Waals surface area contributed by atoms with E-state index in [1.165, 1.54) is 31.2 Å². The van der Waals surface area contributed by atoms with Crippen molar-refractivity contribution in [1.29, 1.82) is 0 Å². The Hall–Kier alpha value is -2.65. The van der Waals surface area contributed by atoms with Gasteiger partial charge in [-0.05, 0) is 32.8 Å². The Bertz CT molecular complexity index is 1110. The van der Waals surface area contributed by atoms with E-state index in [1.807, 2.05) is 11.4 Å². The van der Waals surface area contributed by atoms with Gasteiger partial charge in [-0.1, -0.05) is 47.9 Å². The molecule has 0 bridgehead atoms. The lowest BCUT2D eigenvalue weighted by Gasteiger charge is -2.33. The number of carbonyl (C=O) groups is 1. The number of hydrogen-bond donors (Lipinski definition) is 1. The number of aromatic nitrogens is 3. The molecule has 3 heterocycles. The Morgan fingerprint density at radius 2 is 2.00 bits per heavy atom. The largest absolute Gasteiger partial charge is 0.465 e. The lowest BCUT2D eigenvalue weighted by atomic mass is 10.1. The van der Waals surface area contributed by atoms with E-state index in [0.29, 0.717) is 19.2 Å². The highest BCUT2D eigenvalue weighted by Gasteiger charge is 2.26. The van der Waals surface area contributed by atoms with Crippen molar-refractivity contribution in [2.24, 2.45) is 0 Å². The van der Waals surface area contributed by atoms with E-state index in [0.717, 1.165) is 53.3 Å². The van der Waals surface area contributed by atoms with Crippen molar-refractivity contribution in [3.8, 4) is 11.3 Å². The van der Waals surface area contributed by atoms with Crippen molar-refractivity contribution >= 4 is 33.2 Å². The number of rotatable bonds is 7. The minimum atomic E-state index is -0.148. The zero-order valence-corrected chi connectivity index (χ0v) is 20.2. The molecule has 1 aliphatic carbocycles. The first-order valence-electron chi connectivity index (χ1n) is 12.0. The second-order valence-electron chi connectivity index (χ2n) is 8.95. The number of nitrogens with zero attached hydrogens (tertiary/aromatic N) is 5. The van der Waals surface area contributed by atoms with Gasteiger partial charge in [0, 0.05) is 37.8 Å². The van der Waals surface area contributed by atoms with Crippen LogP contribution in [0, 0.1) is 6.92 Å². The van der Waals surface area contributed by atoms with Crippen LogP contribution in [0.4, 0.5) is 10.9 Å². The summed E-state index contributed by atoms with van der Waals surface area (Å²) < 4.78 is 7.09. The first-order valence-corrected chi connectivity index (χ1v) is 12.8. The third-order valence-corrected chi connectivity index (χ3v) is 7.45. The summed E-state index contributed by atoms with van der Waals surface area (Å²) in [5.74, 6) is 0.857. The van der Waals surface area contributed by atoms with Crippen LogP contribution in [0.5, 0.6) is 0 Å². The molecule has 1 aliphatic heterocycles. The summed E-state index contributed by atoms with van der Waals surface area (Å²) in [6.45, 7) is 8.07. The predicted octanol–water partition coefficient (Wildman–Crippen LogP) is 3.81. The lowest BCUT2D eigenvalue weighted by Crippen LogP contribution is -2.48. The molecule has 0 radical (unpaired) electrons. The van der Waals surface area contributed by atoms with Crippen molar-refractivity contribution in [2.45, 2.75) is 45.6 Å². The molecule has 2 aromatic heterocycles. The number of nitrogens with one attached hydrogen (secondary N) is 1. The summed E-state index contributed by atoms with van der Waals surface area (Å²) in [6.07, 6.45) is 4.94. The Morgan fingerprint density at radius 3 is 2.73 bits per heavy atom. The van der Waals surface area contributed by atoms with Crippen molar-refractivity contribution in [2.75, 3.05) is 49.5 Å². The lowest BCUT2D eigenvalue weighted by molar-refractivity contribution is -0.144. The van der Waals surface area contributed by atoms with Crippen LogP contribution in [0.2, 0.25) is 0 Å². The fourth-order valence-corrected chi connectivity index (χ4v) is 5.69. The number of aryl methyl sites for hydroxylation is 1. The average molecular weight is 469 g/mol. The molecule has 1 saturated carbocycles. The number of anilines is 2. The molecular weight excluding hydrogens is 436 g/mol. The smallest absolute Gasteiger partial charge is 0.320 e. The SMILES string of the molecule is CCOC(=O)CN1CCN(c2nn3c(NC4CCCC4)c(-c4cccc(C)c4)nc3s2)CC1. The number of ether oxygens (including phenoxy) is 1. The van der Waals surface area contributed by atoms with Crippen LogP contribution in [0.1, 0.15) is 38.2 Å². The Labute approximate surface area is 198 Å². The van der Waals surface area contributed by atoms with Crippen LogP contribution in [-0.4, -0.2) is 70.8 Å². The van der Waals surface area contributed by atoms with Crippen LogP contribution in [0.15, 0.2) is 24.3 Å². The number of imidazole rings is 1. The van der Waals surface area contributed by atoms with Crippen LogP contribution in [-0.2, 0) is 9.53 Å². The minimum Gasteiger partial charge on any atom is -0.465 e. The predicted molar refractivity (Wildman–Crippen MR) is 132 cm³/mol. The van der Waals surface area contributed by atoms with Crippen LogP contribution < -0.4 is 10.2 Å². The Morgan fingerprint density at radius 1 is 1.21 bits per heavy atom. The first-order chi connectivity index (χ1) is 16.1. The van der Waals surface area contributed by atoms with Gasteiger partial charge in [0.2, 0.25) is 10.1 Å². The maximum Gasteiger partial charge on any atom is 0.320 e. The molecule has 2 fully saturated rings. The van der Waals surface area contributed by atoms with Crippen LogP contribution in [0.25, 0.3) is 16.2 Å². The summed E-state index contributed by atoms with van der Waals surface area (Å²) in [4.78, 5) is 22.2. The average Bonchev–Trinajstić information content (AvgIpc) is 3.53. The molecule has 1 aromatic carbocycles. The van der Waals surface area contributed by atoms with E-state index < -0.39 is 0 Å². The summed E-state index contributed by atoms with van der Waals surface area (Å²) in [5.41, 5.74) is 3.34. The van der Waals surface area contributed by atoms with Crippen LogP contribution in [0.3, 0.4) is 0 Å². The summed E-state index contributed by atoms with van der Waals surface area (Å²) >= 11 is 1.64. The van der Waals surface area contributed by atoms with Crippen molar-refractivity contribution in [3.63, 3.8) is 0 Å². The molecule has 0 unspecified atom stereocenters. The summed E-state index contributed by atoms with van der Waals surface area (Å²) in [6, 6.07) is 9.00. The third kappa shape index (κ3) is 4.84. The topological polar surface area (TPSA) is 75.0 Å². The van der Waals surface area contributed by atoms with Gasteiger partial charge in [0.25, 0.3) is 0 Å². The zero-order valence-electron chi connectivity index (χ0n) is 19.4. The quantitative estimate of drug-likeness (QED) is 0.529. The Balaban J connectivity index is 1.37. The maximum atomic E-state index is 11.8. The molecule has 5 rings (SSSR count). The van der Waals surface area contributed by atoms with Gasteiger partial charge in [0.05, 0.1) is 13.2 Å². The molecule has 176 valence electrons. The normalized spacial score (nSPS) is 17.7. The fourth-order valence-electron chi connectivity index (χ4n) is 4.74. The fraction of sp³-hybridized carbons (Fsp3) is 0.542. The molecule has 9 heteroatoms. The first kappa shape index (κ1) is 22.2. The maximum absolute atomic E-state index is 11.8. The van der Waals surface area contributed by atoms with E-state index in [9.17, 15) is 4.79 Å². The van der Waals surface area contributed by atoms with Gasteiger partial charge in [-0.25, -0.2) is 4.98 Å². The minimum absolute atomic E-state index is 0.148. The number of piperazine rings is 1. The number of carbonyl (C=O) groups excluding carboxylic acids is 1. The van der Waals surface area contributed by atoms with E-state index in [2.05, 4.69) is 46.3 Å². The van der Waals surface area contributed by atoms with Gasteiger partial charge in [0.15, 0.2) is 5.82 Å². The van der Waals surface area contributed by atoms with Gasteiger partial charge in [-0.15, -0.1) is 5.10 Å². The van der Waals surface area contributed by atoms with Gasteiger partial charge >= 0.3 is 5.97 Å². The van der Waals surface area contributed by atoms with Crippen molar-refractivity contribution in [3.05, 3.63) is 29.8 Å². The highest BCUT2D eigenvalue weighted by atomic mass is 32.1. The van der Waals surface area contributed by atoms with Gasteiger partial charge in [-0.2, -0.15) is 4.52 Å². The molecule has 0 spiro atoms. The highest BCUT2D eigenvalue weighted by Crippen LogP contribution is 2.35. The number of benzene rings is 1. The molecule has 0 amide bonds. The molecule has 1 N–H and O–H groups in total. The molecular formula is C24H32N6O2S. The summed E-state index contributed by atoms with van der Waals surface area (Å²) in [7, 11) is 0.